The molecular formula is C6H12N2OS. The average molecular weight is 160 g/mol. The van der Waals surface area contributed by atoms with Crippen molar-refractivity contribution in [1.82, 2.24) is 0 Å². The van der Waals surface area contributed by atoms with Crippen LogP contribution in [-0.4, -0.2) is 15.5 Å². The van der Waals surface area contributed by atoms with Gasteiger partial charge in [-0.25, -0.2) is 4.99 Å². The highest BCUT2D eigenvalue weighted by atomic mass is 32.2. The lowest BCUT2D eigenvalue weighted by molar-refractivity contribution is 0.693. The normalized spacial score (nSPS) is 17.1. The van der Waals surface area contributed by atoms with Gasteiger partial charge in [-0.05, 0) is 13.8 Å². The molecule has 0 saturated heterocycles. The van der Waals surface area contributed by atoms with Gasteiger partial charge in [-0.2, -0.15) is 0 Å². The van der Waals surface area contributed by atoms with Crippen LogP contribution in [0.2, 0.25) is 0 Å². The molecule has 1 unspecified atom stereocenters. The van der Waals surface area contributed by atoms with Gasteiger partial charge < -0.3 is 5.73 Å². The van der Waals surface area contributed by atoms with E-state index in [4.69, 9.17) is 5.73 Å². The molecule has 58 valence electrons. The van der Waals surface area contributed by atoms with Gasteiger partial charge in [0.15, 0.2) is 0 Å². The summed E-state index contributed by atoms with van der Waals surface area (Å²) in [6.07, 6.45) is 2.97. The number of nitrogens with two attached hydrogens (primary N) is 1. The van der Waals surface area contributed by atoms with Crippen LogP contribution in [0.5, 0.6) is 0 Å². The number of aliphatic imine (C=N–C) groups is 1. The van der Waals surface area contributed by atoms with Gasteiger partial charge in [0, 0.05) is 12.5 Å². The Labute approximate surface area is 63.5 Å². The maximum atomic E-state index is 10.7. The minimum atomic E-state index is -0.979. The van der Waals surface area contributed by atoms with E-state index in [1.54, 1.807) is 20.1 Å². The minimum Gasteiger partial charge on any atom is -0.403 e. The number of nitrogens with zero attached hydrogens (tertiary/aromatic N) is 1. The largest absolute Gasteiger partial charge is 0.403 e. The Morgan fingerprint density at radius 3 is 2.40 bits per heavy atom. The topological polar surface area (TPSA) is 55.4 Å². The summed E-state index contributed by atoms with van der Waals surface area (Å²) in [5, 5.41) is 0.596. The van der Waals surface area contributed by atoms with Crippen molar-refractivity contribution < 1.29 is 4.21 Å². The summed E-state index contributed by atoms with van der Waals surface area (Å²) < 4.78 is 10.7. The van der Waals surface area contributed by atoms with Crippen LogP contribution in [0, 0.1) is 0 Å². The van der Waals surface area contributed by atoms with Gasteiger partial charge in [0.05, 0.1) is 16.5 Å². The fourth-order valence-electron chi connectivity index (χ4n) is 0.350. The summed E-state index contributed by atoms with van der Waals surface area (Å²) in [6, 6.07) is 0. The van der Waals surface area contributed by atoms with Gasteiger partial charge in [-0.3, -0.25) is 4.21 Å². The Bertz CT molecular complexity index is 196. The first-order valence-electron chi connectivity index (χ1n) is 2.85. The smallest absolute Gasteiger partial charge is 0.101 e. The molecule has 0 aromatic heterocycles. The standard InChI is InChI=1S/C6H12N2OS/c1-5(4-7)8-6(2)10(3)9/h4H,7H2,1-3H3/b5-4-,8-6?. The quantitative estimate of drug-likeness (QED) is 0.451. The molecule has 0 radical (unpaired) electrons. The molecule has 3 nitrogen and oxygen atoms in total. The summed E-state index contributed by atoms with van der Waals surface area (Å²) in [4.78, 5) is 3.95. The van der Waals surface area contributed by atoms with Gasteiger partial charge in [0.1, 0.15) is 5.04 Å². The summed E-state index contributed by atoms with van der Waals surface area (Å²) >= 11 is 0. The van der Waals surface area contributed by atoms with Crippen molar-refractivity contribution in [2.75, 3.05) is 6.26 Å². The third-order valence-corrected chi connectivity index (χ3v) is 1.91. The van der Waals surface area contributed by atoms with Crippen molar-refractivity contribution in [3.8, 4) is 0 Å². The molecule has 0 fully saturated rings. The molecule has 10 heavy (non-hydrogen) atoms. The van der Waals surface area contributed by atoms with Crippen molar-refractivity contribution >= 4 is 15.8 Å². The molecule has 0 aromatic rings. The molecule has 0 saturated carbocycles. The lowest BCUT2D eigenvalue weighted by Gasteiger charge is -1.93. The van der Waals surface area contributed by atoms with E-state index in [1.165, 1.54) is 6.20 Å². The molecule has 0 spiro atoms. The molecular weight excluding hydrogens is 148 g/mol. The second-order valence-electron chi connectivity index (χ2n) is 1.89. The Hall–Kier alpha value is -0.640. The molecule has 1 atom stereocenters. The van der Waals surface area contributed by atoms with Crippen LogP contribution in [-0.2, 0) is 10.8 Å². The van der Waals surface area contributed by atoms with E-state index in [-0.39, 0.29) is 0 Å². The highest BCUT2D eigenvalue weighted by Gasteiger charge is 1.93. The first kappa shape index (κ1) is 9.36. The third-order valence-electron chi connectivity index (χ3n) is 0.991. The zero-order chi connectivity index (χ0) is 8.15. The molecule has 0 aromatic carbocycles. The Morgan fingerprint density at radius 1 is 1.60 bits per heavy atom. The van der Waals surface area contributed by atoms with Gasteiger partial charge in [0.2, 0.25) is 0 Å². The minimum absolute atomic E-state index is 0.596. The molecule has 0 amide bonds. The predicted molar refractivity (Wildman–Crippen MR) is 45.1 cm³/mol. The maximum absolute atomic E-state index is 10.7. The molecule has 0 aliphatic carbocycles. The van der Waals surface area contributed by atoms with Crippen LogP contribution in [0.4, 0.5) is 0 Å². The molecule has 2 N–H and O–H groups in total. The van der Waals surface area contributed by atoms with Crippen LogP contribution in [0.15, 0.2) is 16.9 Å². The Morgan fingerprint density at radius 2 is 2.10 bits per heavy atom. The van der Waals surface area contributed by atoms with Crippen LogP contribution < -0.4 is 5.73 Å². The van der Waals surface area contributed by atoms with E-state index < -0.39 is 10.8 Å². The molecule has 0 heterocycles. The van der Waals surface area contributed by atoms with Gasteiger partial charge in [-0.15, -0.1) is 0 Å². The molecule has 0 rings (SSSR count). The van der Waals surface area contributed by atoms with Gasteiger partial charge in [0.25, 0.3) is 0 Å². The number of hydrogen-bond donors (Lipinski definition) is 1. The summed E-state index contributed by atoms with van der Waals surface area (Å²) in [5.41, 5.74) is 5.84. The van der Waals surface area contributed by atoms with E-state index >= 15 is 0 Å². The Kier molecular flexibility index (Phi) is 3.95. The number of allylic oxidation sites excluding steroid dienone is 1. The summed E-state index contributed by atoms with van der Waals surface area (Å²) in [7, 11) is -0.979. The molecule has 0 aliphatic heterocycles. The zero-order valence-electron chi connectivity index (χ0n) is 6.42. The van der Waals surface area contributed by atoms with Gasteiger partial charge in [-0.1, -0.05) is 0 Å². The number of hydrogen-bond acceptors (Lipinski definition) is 3. The van der Waals surface area contributed by atoms with Crippen LogP contribution in [0.3, 0.4) is 0 Å². The summed E-state index contributed by atoms with van der Waals surface area (Å²) in [5.74, 6) is 0. The zero-order valence-corrected chi connectivity index (χ0v) is 7.23. The van der Waals surface area contributed by atoms with Crippen molar-refractivity contribution in [2.24, 2.45) is 10.7 Å². The first-order valence-corrected chi connectivity index (χ1v) is 4.41. The maximum Gasteiger partial charge on any atom is 0.101 e. The van der Waals surface area contributed by atoms with Crippen LogP contribution in [0.1, 0.15) is 13.8 Å². The van der Waals surface area contributed by atoms with Crippen LogP contribution >= 0.6 is 0 Å². The molecule has 4 heteroatoms. The third kappa shape index (κ3) is 3.40. The van der Waals surface area contributed by atoms with E-state index in [0.29, 0.717) is 10.7 Å². The lowest BCUT2D eigenvalue weighted by Crippen LogP contribution is -1.99. The summed E-state index contributed by atoms with van der Waals surface area (Å²) in [6.45, 7) is 3.47. The fourth-order valence-corrected chi connectivity index (χ4v) is 0.622. The van der Waals surface area contributed by atoms with Crippen molar-refractivity contribution in [3.63, 3.8) is 0 Å². The fraction of sp³-hybridized carbons (Fsp3) is 0.500. The van der Waals surface area contributed by atoms with E-state index in [9.17, 15) is 4.21 Å². The molecule has 0 bridgehead atoms. The van der Waals surface area contributed by atoms with E-state index in [1.807, 2.05) is 0 Å². The highest BCUT2D eigenvalue weighted by molar-refractivity contribution is 7.99. The van der Waals surface area contributed by atoms with Crippen molar-refractivity contribution in [1.29, 1.82) is 0 Å². The lowest BCUT2D eigenvalue weighted by atomic mass is 10.5. The second kappa shape index (κ2) is 4.22. The predicted octanol–water partition coefficient (Wildman–Crippen LogP) is 0.603. The van der Waals surface area contributed by atoms with Crippen molar-refractivity contribution in [3.05, 3.63) is 11.9 Å². The molecule has 0 aliphatic rings. The number of rotatable bonds is 1. The van der Waals surface area contributed by atoms with E-state index in [0.717, 1.165) is 0 Å². The first-order chi connectivity index (χ1) is 4.57. The average Bonchev–Trinajstić information content (AvgIpc) is 1.87. The highest BCUT2D eigenvalue weighted by Crippen LogP contribution is 1.93. The second-order valence-corrected chi connectivity index (χ2v) is 3.39. The van der Waals surface area contributed by atoms with Gasteiger partial charge >= 0.3 is 0 Å². The van der Waals surface area contributed by atoms with E-state index in [2.05, 4.69) is 4.99 Å². The van der Waals surface area contributed by atoms with Crippen molar-refractivity contribution in [2.45, 2.75) is 13.8 Å². The Balaban J connectivity index is 4.31. The monoisotopic (exact) mass is 160 g/mol. The van der Waals surface area contributed by atoms with Crippen LogP contribution in [0.25, 0.3) is 0 Å². The SMILES string of the molecule is CC(=N/C(C)=C\N)S(C)=O.